The monoisotopic (exact) mass is 265 g/mol. The molecule has 0 fully saturated rings. The molecule has 0 aliphatic carbocycles. The lowest BCUT2D eigenvalue weighted by Crippen LogP contribution is -2.27. The van der Waals surface area contributed by atoms with Gasteiger partial charge in [-0.05, 0) is 0 Å². The Kier molecular flexibility index (Phi) is 12.5. The smallest absolute Gasteiger partial charge is 0.379 e. The summed E-state index contributed by atoms with van der Waals surface area (Å²) in [6, 6.07) is 0. The average Bonchev–Trinajstić information content (AvgIpc) is 1.76. The fourth-order valence-corrected chi connectivity index (χ4v) is 0.433. The molecular weight excluding hydrogens is 247 g/mol. The first-order valence-corrected chi connectivity index (χ1v) is 5.63. The van der Waals surface area contributed by atoms with Gasteiger partial charge in [0.05, 0.1) is 44.1 Å². The quantitative estimate of drug-likeness (QED) is 0.428. The average molecular weight is 265 g/mol. The van der Waals surface area contributed by atoms with Gasteiger partial charge in [0.1, 0.15) is 0 Å². The maximum absolute atomic E-state index is 9.67. The maximum Gasteiger partial charge on any atom is 0.379 e. The molecule has 0 aromatic carbocycles. The summed E-state index contributed by atoms with van der Waals surface area (Å²) in [4.78, 5) is 0. The van der Waals surface area contributed by atoms with E-state index in [0.717, 1.165) is 10.6 Å². The van der Waals surface area contributed by atoms with E-state index in [-0.39, 0.29) is 0 Å². The minimum absolute atomic E-state index is 0.479. The molecule has 0 aromatic heterocycles. The molecule has 0 radical (unpaired) electrons. The molecule has 8 heteroatoms. The molecule has 0 atom stereocenters. The van der Waals surface area contributed by atoms with Crippen molar-refractivity contribution in [3.05, 3.63) is 12.7 Å². The Labute approximate surface area is 94.7 Å². The van der Waals surface area contributed by atoms with E-state index in [1.165, 1.54) is 0 Å². The van der Waals surface area contributed by atoms with Gasteiger partial charge in [-0.2, -0.15) is 13.2 Å². The lowest BCUT2D eigenvalue weighted by Gasteiger charge is -2.14. The van der Waals surface area contributed by atoms with Crippen molar-refractivity contribution in [3.63, 3.8) is 0 Å². The van der Waals surface area contributed by atoms with Crippen molar-refractivity contribution in [3.8, 4) is 0 Å². The van der Waals surface area contributed by atoms with Crippen LogP contribution in [0.3, 0.4) is 0 Å². The van der Waals surface area contributed by atoms with Crippen molar-refractivity contribution in [2.24, 2.45) is 0 Å². The van der Waals surface area contributed by atoms with E-state index in [9.17, 15) is 26.1 Å². The highest BCUT2D eigenvalue weighted by Gasteiger charge is 1.88. The molecule has 0 saturated heterocycles. The van der Waals surface area contributed by atoms with Gasteiger partial charge < -0.3 is 9.04 Å². The number of halogens is 3. The summed E-state index contributed by atoms with van der Waals surface area (Å²) < 4.78 is 58.8. The third-order valence-corrected chi connectivity index (χ3v) is 0.966. The first-order chi connectivity index (χ1) is 6.79. The zero-order valence-corrected chi connectivity index (χ0v) is 10.6. The van der Waals surface area contributed by atoms with Gasteiger partial charge in [0.15, 0.2) is 0 Å². The molecule has 0 saturated carbocycles. The normalized spacial score (nSPS) is 10.8. The second kappa shape index (κ2) is 9.61. The molecule has 0 amide bonds. The van der Waals surface area contributed by atoms with E-state index < -0.39 is 22.6 Å². The van der Waals surface area contributed by atoms with Gasteiger partial charge in [-0.1, -0.05) is 6.08 Å². The maximum atomic E-state index is 9.67. The molecule has 0 heterocycles. The van der Waals surface area contributed by atoms with Crippen LogP contribution in [-0.2, 0) is 10.1 Å². The van der Waals surface area contributed by atoms with Crippen molar-refractivity contribution in [1.82, 2.24) is 0 Å². The third kappa shape index (κ3) is 178. The molecule has 0 bridgehead atoms. The van der Waals surface area contributed by atoms with E-state index >= 15 is 0 Å². The zero-order valence-electron chi connectivity index (χ0n) is 9.78. The number of rotatable bonds is 2. The van der Waals surface area contributed by atoms with Crippen LogP contribution in [0.2, 0.25) is 0 Å². The topological polar surface area (TPSA) is 57.2 Å². The Balaban J connectivity index is -0.000000166. The van der Waals surface area contributed by atoms with Crippen LogP contribution in [0, 0.1) is 0 Å². The number of nitrogens with zero attached hydrogens (tertiary/aromatic N) is 1. The summed E-state index contributed by atoms with van der Waals surface area (Å²) in [6.45, 7) is -0.600. The summed E-state index contributed by atoms with van der Waals surface area (Å²) in [7, 11) is 4.46. The molecule has 0 aromatic rings. The Morgan fingerprint density at radius 1 is 1.25 bits per heavy atom. The fraction of sp³-hybridized carbons (Fsp3) is 0.750. The highest BCUT2D eigenvalue weighted by atomic mass is 32.2. The van der Waals surface area contributed by atoms with Crippen LogP contribution in [0.15, 0.2) is 12.7 Å². The van der Waals surface area contributed by atoms with Gasteiger partial charge in [0.2, 0.25) is 0 Å². The summed E-state index contributed by atoms with van der Waals surface area (Å²) >= 11 is 0. The van der Waals surface area contributed by atoms with Crippen LogP contribution in [0.5, 0.6) is 0 Å². The number of hydrogen-bond donors (Lipinski definition) is 0. The van der Waals surface area contributed by atoms with Gasteiger partial charge in [-0.15, -0.1) is 6.58 Å². The molecule has 0 aliphatic rings. The number of quaternary nitrogens is 1. The SMILES string of the molecule is C=CCS(=O)(=O)[O-].C[N+](C)(C)C.FC(F)F. The molecule has 0 unspecified atom stereocenters. The van der Waals surface area contributed by atoms with Crippen LogP contribution in [0.1, 0.15) is 0 Å². The first kappa shape index (κ1) is 20.8. The molecule has 16 heavy (non-hydrogen) atoms. The van der Waals surface area contributed by atoms with Crippen LogP contribution < -0.4 is 0 Å². The third-order valence-electron chi connectivity index (χ3n) is 0.322. The van der Waals surface area contributed by atoms with E-state index in [4.69, 9.17) is 0 Å². The molecule has 0 rings (SSSR count). The molecular formula is C8H18F3NO3S. The predicted octanol–water partition coefficient (Wildman–Crippen LogP) is 1.22. The summed E-state index contributed by atoms with van der Waals surface area (Å²) in [6.07, 6.45) is 1.06. The van der Waals surface area contributed by atoms with Crippen LogP contribution in [-0.4, -0.2) is 58.1 Å². The summed E-state index contributed by atoms with van der Waals surface area (Å²) in [5.74, 6) is -0.479. The van der Waals surface area contributed by atoms with Crippen molar-refractivity contribution in [2.75, 3.05) is 33.9 Å². The molecule has 0 spiro atoms. The standard InChI is InChI=1S/C4H12N.C3H6O3S.CHF3/c1-5(2,3)4;1-2-3-7(4,5)6;2-1(3)4/h1-4H3;2H,1,3H2,(H,4,5,6);1H/q+1;;/p-1. The largest absolute Gasteiger partial charge is 0.748 e. The van der Waals surface area contributed by atoms with E-state index in [0.29, 0.717) is 0 Å². The molecule has 4 nitrogen and oxygen atoms in total. The van der Waals surface area contributed by atoms with Gasteiger partial charge in [-0.3, -0.25) is 0 Å². The minimum Gasteiger partial charge on any atom is -0.748 e. The number of hydrogen-bond acceptors (Lipinski definition) is 3. The van der Waals surface area contributed by atoms with Crippen molar-refractivity contribution >= 4 is 10.1 Å². The van der Waals surface area contributed by atoms with Crippen LogP contribution in [0.25, 0.3) is 0 Å². The number of alkyl halides is 3. The summed E-state index contributed by atoms with van der Waals surface area (Å²) in [5.41, 5.74) is 0. The van der Waals surface area contributed by atoms with Crippen molar-refractivity contribution < 1.29 is 30.6 Å². The Hall–Kier alpha value is -0.600. The van der Waals surface area contributed by atoms with Gasteiger partial charge in [-0.25, -0.2) is 8.42 Å². The van der Waals surface area contributed by atoms with E-state index in [2.05, 4.69) is 34.8 Å². The van der Waals surface area contributed by atoms with Crippen LogP contribution in [0.4, 0.5) is 13.2 Å². The minimum atomic E-state index is -4.04. The zero-order chi connectivity index (χ0) is 14.0. The Bertz CT molecular complexity index is 251. The first-order valence-electron chi connectivity index (χ1n) is 4.05. The molecule has 0 aliphatic heterocycles. The highest BCUT2D eigenvalue weighted by molar-refractivity contribution is 7.85. The highest BCUT2D eigenvalue weighted by Crippen LogP contribution is 1.87. The summed E-state index contributed by atoms with van der Waals surface area (Å²) in [5, 5.41) is 0. The molecule has 0 N–H and O–H groups in total. The predicted molar refractivity (Wildman–Crippen MR) is 55.8 cm³/mol. The van der Waals surface area contributed by atoms with Crippen LogP contribution >= 0.6 is 0 Å². The van der Waals surface area contributed by atoms with E-state index in [1.54, 1.807) is 0 Å². The van der Waals surface area contributed by atoms with Gasteiger partial charge in [0, 0.05) is 0 Å². The van der Waals surface area contributed by atoms with Gasteiger partial charge in [0.25, 0.3) is 0 Å². The fourth-order valence-electron chi connectivity index (χ4n) is 0.144. The molecule has 100 valence electrons. The second-order valence-corrected chi connectivity index (χ2v) is 5.39. The Morgan fingerprint density at radius 2 is 1.44 bits per heavy atom. The second-order valence-electron chi connectivity index (χ2n) is 3.94. The van der Waals surface area contributed by atoms with E-state index in [1.807, 2.05) is 0 Å². The Morgan fingerprint density at radius 3 is 1.44 bits per heavy atom. The van der Waals surface area contributed by atoms with Crippen molar-refractivity contribution in [2.45, 2.75) is 6.68 Å². The lowest BCUT2D eigenvalue weighted by atomic mass is 10.8. The van der Waals surface area contributed by atoms with Gasteiger partial charge >= 0.3 is 6.68 Å². The van der Waals surface area contributed by atoms with Crippen molar-refractivity contribution in [1.29, 1.82) is 0 Å². The lowest BCUT2D eigenvalue weighted by molar-refractivity contribution is -0.849.